The topological polar surface area (TPSA) is 93.1 Å². The Morgan fingerprint density at radius 1 is 1.50 bits per heavy atom. The number of allylic oxidation sites excluding steroid dienone is 1. The van der Waals surface area contributed by atoms with Crippen LogP contribution in [0.5, 0.6) is 0 Å². The smallest absolute Gasteiger partial charge is 0.334 e. The average Bonchev–Trinajstić information content (AvgIpc) is 2.84. The molecule has 1 fully saturated rings. The molecule has 0 unspecified atom stereocenters. The highest BCUT2D eigenvalue weighted by atomic mass is 16.6. The lowest BCUT2D eigenvalue weighted by Crippen LogP contribution is -2.40. The fraction of sp³-hybridized carbons (Fsp3) is 0.500. The van der Waals surface area contributed by atoms with Gasteiger partial charge in [0.05, 0.1) is 17.6 Å². The lowest BCUT2D eigenvalue weighted by Gasteiger charge is -2.32. The van der Waals surface area contributed by atoms with Gasteiger partial charge in [-0.05, 0) is 39.3 Å². The first kappa shape index (κ1) is 20.1. The first-order chi connectivity index (χ1) is 12.1. The summed E-state index contributed by atoms with van der Waals surface area (Å²) >= 11 is 0. The van der Waals surface area contributed by atoms with Crippen LogP contribution >= 0.6 is 0 Å². The summed E-state index contributed by atoms with van der Waals surface area (Å²) in [5.41, 5.74) is -0.188. The Morgan fingerprint density at radius 2 is 2.15 bits per heavy atom. The zero-order valence-electron chi connectivity index (χ0n) is 15.6. The molecular formula is C20H26O6. The molecule has 2 N–H and O–H groups in total. The number of ether oxygens (including phenoxy) is 2. The van der Waals surface area contributed by atoms with Gasteiger partial charge >= 0.3 is 11.9 Å². The van der Waals surface area contributed by atoms with Crippen molar-refractivity contribution in [1.29, 1.82) is 0 Å². The largest absolute Gasteiger partial charge is 0.458 e. The third-order valence-corrected chi connectivity index (χ3v) is 4.82. The van der Waals surface area contributed by atoms with E-state index in [1.807, 2.05) is 0 Å². The van der Waals surface area contributed by atoms with Gasteiger partial charge in [0.15, 0.2) is 0 Å². The summed E-state index contributed by atoms with van der Waals surface area (Å²) in [5.74, 6) is -1.74. The molecule has 1 aliphatic carbocycles. The van der Waals surface area contributed by atoms with Gasteiger partial charge in [0.25, 0.3) is 0 Å². The van der Waals surface area contributed by atoms with E-state index in [-0.39, 0.29) is 12.0 Å². The fourth-order valence-electron chi connectivity index (χ4n) is 3.05. The number of aliphatic hydroxyl groups is 2. The van der Waals surface area contributed by atoms with E-state index < -0.39 is 41.8 Å². The predicted molar refractivity (Wildman–Crippen MR) is 96.0 cm³/mol. The molecule has 26 heavy (non-hydrogen) atoms. The molecule has 1 heterocycles. The van der Waals surface area contributed by atoms with Crippen molar-refractivity contribution in [2.45, 2.75) is 58.0 Å². The van der Waals surface area contributed by atoms with Crippen LogP contribution in [0, 0.1) is 5.92 Å². The highest BCUT2D eigenvalue weighted by Gasteiger charge is 2.46. The van der Waals surface area contributed by atoms with Crippen LogP contribution in [0.1, 0.15) is 34.1 Å². The van der Waals surface area contributed by atoms with Crippen LogP contribution in [0.25, 0.3) is 0 Å². The zero-order valence-corrected chi connectivity index (χ0v) is 15.6. The Morgan fingerprint density at radius 3 is 2.77 bits per heavy atom. The first-order valence-electron chi connectivity index (χ1n) is 8.57. The van der Waals surface area contributed by atoms with Crippen molar-refractivity contribution in [2.75, 3.05) is 0 Å². The summed E-state index contributed by atoms with van der Waals surface area (Å²) in [6.07, 6.45) is 3.77. The van der Waals surface area contributed by atoms with Crippen molar-refractivity contribution in [1.82, 2.24) is 0 Å². The Balaban J connectivity index is 2.48. The van der Waals surface area contributed by atoms with Crippen LogP contribution in [-0.2, 0) is 19.1 Å². The fourth-order valence-corrected chi connectivity index (χ4v) is 3.05. The predicted octanol–water partition coefficient (Wildman–Crippen LogP) is 1.98. The maximum absolute atomic E-state index is 12.3. The minimum absolute atomic E-state index is 0.0304. The van der Waals surface area contributed by atoms with E-state index in [0.29, 0.717) is 11.1 Å². The number of carbonyl (C=O) groups excluding carboxylic acids is 2. The van der Waals surface area contributed by atoms with Crippen LogP contribution in [-0.4, -0.2) is 46.1 Å². The van der Waals surface area contributed by atoms with Gasteiger partial charge in [-0.15, -0.1) is 0 Å². The number of esters is 2. The second kappa shape index (κ2) is 7.60. The first-order valence-corrected chi connectivity index (χ1v) is 8.57. The molecule has 2 rings (SSSR count). The number of rotatable bonds is 2. The Bertz CT molecular complexity index is 697. The Hall–Kier alpha value is -2.18. The number of aliphatic hydroxyl groups excluding tert-OH is 1. The number of carbonyl (C=O) groups is 2. The standard InChI is InChI=1S/C20H26O6/c1-6-11(2)18(22)26-16-10-20(5,24)8-7-14(21)12(3)9-15-17(16)13(4)19(23)25-15/h6-9,14-17,21,24H,4,10H2,1-3,5H3/b8-7+,11-6-,12-9-/t14-,15-,16+,17+,20-/m0/s1. The Kier molecular flexibility index (Phi) is 5.88. The van der Waals surface area contributed by atoms with Gasteiger partial charge in [0.1, 0.15) is 12.2 Å². The summed E-state index contributed by atoms with van der Waals surface area (Å²) in [5, 5.41) is 20.9. The zero-order chi connectivity index (χ0) is 19.6. The van der Waals surface area contributed by atoms with Gasteiger partial charge in [-0.1, -0.05) is 24.8 Å². The van der Waals surface area contributed by atoms with Crippen LogP contribution in [0.15, 0.2) is 47.6 Å². The molecule has 0 bridgehead atoms. The quantitative estimate of drug-likeness (QED) is 0.443. The molecule has 0 amide bonds. The molecule has 5 atom stereocenters. The van der Waals surface area contributed by atoms with Crippen molar-refractivity contribution in [3.8, 4) is 0 Å². The number of hydrogen-bond donors (Lipinski definition) is 2. The third kappa shape index (κ3) is 4.31. The maximum atomic E-state index is 12.3. The molecule has 2 aliphatic rings. The van der Waals surface area contributed by atoms with Gasteiger partial charge in [0, 0.05) is 17.6 Å². The van der Waals surface area contributed by atoms with Crippen molar-refractivity contribution < 1.29 is 29.3 Å². The van der Waals surface area contributed by atoms with E-state index in [1.54, 1.807) is 39.8 Å². The molecule has 0 aromatic heterocycles. The molecule has 0 spiro atoms. The molecular weight excluding hydrogens is 336 g/mol. The normalized spacial score (nSPS) is 38.7. The average molecular weight is 362 g/mol. The van der Waals surface area contributed by atoms with Gasteiger partial charge < -0.3 is 19.7 Å². The summed E-state index contributed by atoms with van der Waals surface area (Å²) < 4.78 is 11.0. The van der Waals surface area contributed by atoms with Crippen LogP contribution in [0.3, 0.4) is 0 Å². The van der Waals surface area contributed by atoms with E-state index in [2.05, 4.69) is 6.58 Å². The van der Waals surface area contributed by atoms with E-state index in [4.69, 9.17) is 9.47 Å². The molecule has 1 aliphatic heterocycles. The highest BCUT2D eigenvalue weighted by molar-refractivity contribution is 5.92. The molecule has 0 aromatic carbocycles. The second-order valence-electron chi connectivity index (χ2n) is 7.11. The van der Waals surface area contributed by atoms with Gasteiger partial charge in [0.2, 0.25) is 0 Å². The van der Waals surface area contributed by atoms with Crippen molar-refractivity contribution >= 4 is 11.9 Å². The third-order valence-electron chi connectivity index (χ3n) is 4.82. The lowest BCUT2D eigenvalue weighted by atomic mass is 9.82. The van der Waals surface area contributed by atoms with Crippen LogP contribution in [0.4, 0.5) is 0 Å². The monoisotopic (exact) mass is 362 g/mol. The summed E-state index contributed by atoms with van der Waals surface area (Å²) in [6.45, 7) is 10.4. The Labute approximate surface area is 153 Å². The van der Waals surface area contributed by atoms with E-state index in [1.165, 1.54) is 12.2 Å². The summed E-state index contributed by atoms with van der Waals surface area (Å²) in [7, 11) is 0. The van der Waals surface area contributed by atoms with E-state index >= 15 is 0 Å². The molecule has 0 aromatic rings. The van der Waals surface area contributed by atoms with Gasteiger partial charge in [-0.2, -0.15) is 0 Å². The van der Waals surface area contributed by atoms with Crippen molar-refractivity contribution in [2.24, 2.45) is 5.92 Å². The lowest BCUT2D eigenvalue weighted by molar-refractivity contribution is -0.150. The van der Waals surface area contributed by atoms with Gasteiger partial charge in [-0.3, -0.25) is 0 Å². The molecule has 6 nitrogen and oxygen atoms in total. The molecule has 6 heteroatoms. The molecule has 0 saturated carbocycles. The summed E-state index contributed by atoms with van der Waals surface area (Å²) in [4.78, 5) is 24.4. The maximum Gasteiger partial charge on any atom is 0.334 e. The van der Waals surface area contributed by atoms with E-state index in [0.717, 1.165) is 0 Å². The highest BCUT2D eigenvalue weighted by Crippen LogP contribution is 2.37. The summed E-state index contributed by atoms with van der Waals surface area (Å²) in [6, 6.07) is 0. The number of fused-ring (bicyclic) bond motifs is 1. The SMILES string of the molecule is C=C1C(=O)O[C@H]2/C=C(/C)[C@@H](O)/C=C/[C@](C)(O)C[C@@H](OC(=O)/C(C)=C\C)[C@H]12. The molecule has 142 valence electrons. The van der Waals surface area contributed by atoms with Crippen molar-refractivity contribution in [3.63, 3.8) is 0 Å². The second-order valence-corrected chi connectivity index (χ2v) is 7.11. The minimum Gasteiger partial charge on any atom is -0.458 e. The van der Waals surface area contributed by atoms with Gasteiger partial charge in [-0.25, -0.2) is 9.59 Å². The molecule has 0 radical (unpaired) electrons. The van der Waals surface area contributed by atoms with E-state index in [9.17, 15) is 19.8 Å². The van der Waals surface area contributed by atoms with Crippen LogP contribution < -0.4 is 0 Å². The van der Waals surface area contributed by atoms with Crippen LogP contribution in [0.2, 0.25) is 0 Å². The minimum atomic E-state index is -1.36. The number of hydrogen-bond acceptors (Lipinski definition) is 6. The molecule has 1 saturated heterocycles. The van der Waals surface area contributed by atoms with Crippen molar-refractivity contribution in [3.05, 3.63) is 47.6 Å².